The summed E-state index contributed by atoms with van der Waals surface area (Å²) in [5.41, 5.74) is 2.85. The molecule has 0 bridgehead atoms. The van der Waals surface area contributed by atoms with Gasteiger partial charge in [0.25, 0.3) is 0 Å². The number of nitrogens with zero attached hydrogens (tertiary/aromatic N) is 3. The molecule has 6 heteroatoms. The van der Waals surface area contributed by atoms with Gasteiger partial charge in [-0.15, -0.1) is 0 Å². The molecular formula is C22H25N3O3. The maximum absolute atomic E-state index is 12.8. The molecule has 2 aromatic carbocycles. The Labute approximate surface area is 165 Å². The van der Waals surface area contributed by atoms with Crippen LogP contribution in [0.4, 0.5) is 0 Å². The van der Waals surface area contributed by atoms with E-state index in [1.807, 2.05) is 66.6 Å². The summed E-state index contributed by atoms with van der Waals surface area (Å²) in [4.78, 5) is 14.6. The van der Waals surface area contributed by atoms with Crippen molar-refractivity contribution in [1.82, 2.24) is 14.7 Å². The highest BCUT2D eigenvalue weighted by atomic mass is 16.5. The Balaban J connectivity index is 1.68. The molecule has 0 aliphatic carbocycles. The molecule has 1 aromatic heterocycles. The first-order valence-corrected chi connectivity index (χ1v) is 9.22. The van der Waals surface area contributed by atoms with Crippen molar-refractivity contribution in [2.45, 2.75) is 19.9 Å². The lowest BCUT2D eigenvalue weighted by atomic mass is 10.1. The van der Waals surface area contributed by atoms with E-state index in [1.54, 1.807) is 25.1 Å². The predicted molar refractivity (Wildman–Crippen MR) is 108 cm³/mol. The van der Waals surface area contributed by atoms with E-state index >= 15 is 0 Å². The van der Waals surface area contributed by atoms with Gasteiger partial charge >= 0.3 is 0 Å². The molecule has 0 spiro atoms. The Morgan fingerprint density at radius 3 is 2.46 bits per heavy atom. The number of amides is 1. The Morgan fingerprint density at radius 1 is 1.04 bits per heavy atom. The number of carbonyl (C=O) groups excluding carboxylic acids is 1. The van der Waals surface area contributed by atoms with Gasteiger partial charge in [0.2, 0.25) is 5.91 Å². The van der Waals surface area contributed by atoms with E-state index in [4.69, 9.17) is 9.47 Å². The molecule has 0 unspecified atom stereocenters. The zero-order valence-electron chi connectivity index (χ0n) is 16.5. The Hall–Kier alpha value is -3.28. The van der Waals surface area contributed by atoms with Crippen molar-refractivity contribution in [3.63, 3.8) is 0 Å². The van der Waals surface area contributed by atoms with Crippen molar-refractivity contribution in [2.24, 2.45) is 0 Å². The fraction of sp³-hybridized carbons (Fsp3) is 0.273. The fourth-order valence-electron chi connectivity index (χ4n) is 3.04. The fourth-order valence-corrected chi connectivity index (χ4v) is 3.04. The molecule has 0 radical (unpaired) electrons. The first-order chi connectivity index (χ1) is 13.6. The van der Waals surface area contributed by atoms with Crippen LogP contribution in [0.3, 0.4) is 0 Å². The molecule has 0 aliphatic rings. The van der Waals surface area contributed by atoms with Crippen LogP contribution in [0.2, 0.25) is 0 Å². The molecule has 28 heavy (non-hydrogen) atoms. The average molecular weight is 379 g/mol. The molecule has 6 nitrogen and oxygen atoms in total. The first kappa shape index (κ1) is 19.5. The normalized spacial score (nSPS) is 10.5. The number of hydrogen-bond donors (Lipinski definition) is 0. The molecule has 1 heterocycles. The molecule has 3 aromatic rings. The number of ether oxygens (including phenoxy) is 2. The zero-order valence-corrected chi connectivity index (χ0v) is 16.5. The zero-order chi connectivity index (χ0) is 19.9. The van der Waals surface area contributed by atoms with Crippen LogP contribution in [-0.2, 0) is 17.8 Å². The number of carbonyl (C=O) groups is 1. The van der Waals surface area contributed by atoms with Crippen LogP contribution in [0.15, 0.2) is 60.9 Å². The second-order valence-corrected chi connectivity index (χ2v) is 6.40. The number of hydrogen-bond acceptors (Lipinski definition) is 4. The summed E-state index contributed by atoms with van der Waals surface area (Å²) in [5.74, 6) is 1.39. The Morgan fingerprint density at radius 2 is 1.79 bits per heavy atom. The third-order valence-electron chi connectivity index (χ3n) is 4.57. The van der Waals surface area contributed by atoms with Crippen LogP contribution in [0.1, 0.15) is 18.1 Å². The van der Waals surface area contributed by atoms with E-state index in [1.165, 1.54) is 0 Å². The lowest BCUT2D eigenvalue weighted by Crippen LogP contribution is -2.31. The SMILES string of the molecule is CCN(Cc1ccc(OC)c(OC)c1)C(=O)Cc1cnn(-c2ccccc2)c1. The van der Waals surface area contributed by atoms with Crippen molar-refractivity contribution >= 4 is 5.91 Å². The molecule has 0 atom stereocenters. The van der Waals surface area contributed by atoms with Crippen molar-refractivity contribution in [1.29, 1.82) is 0 Å². The predicted octanol–water partition coefficient (Wildman–Crippen LogP) is 3.48. The highest BCUT2D eigenvalue weighted by molar-refractivity contribution is 5.78. The minimum atomic E-state index is 0.0601. The van der Waals surface area contributed by atoms with Gasteiger partial charge in [-0.25, -0.2) is 4.68 Å². The summed E-state index contributed by atoms with van der Waals surface area (Å²) >= 11 is 0. The maximum Gasteiger partial charge on any atom is 0.227 e. The minimum Gasteiger partial charge on any atom is -0.493 e. The number of aromatic nitrogens is 2. The molecule has 0 saturated heterocycles. The standard InChI is InChI=1S/C22H25N3O3/c1-4-24(15-17-10-11-20(27-2)21(12-17)28-3)22(26)13-18-14-23-25(16-18)19-8-6-5-7-9-19/h5-12,14,16H,4,13,15H2,1-3H3. The summed E-state index contributed by atoms with van der Waals surface area (Å²) in [6.45, 7) is 3.12. The van der Waals surface area contributed by atoms with Crippen LogP contribution >= 0.6 is 0 Å². The van der Waals surface area contributed by atoms with Crippen molar-refractivity contribution in [3.05, 3.63) is 72.1 Å². The van der Waals surface area contributed by atoms with E-state index in [-0.39, 0.29) is 5.91 Å². The number of likely N-dealkylation sites (N-methyl/N-ethyl adjacent to an activating group) is 1. The third-order valence-corrected chi connectivity index (χ3v) is 4.57. The molecule has 1 amide bonds. The highest BCUT2D eigenvalue weighted by Gasteiger charge is 2.15. The van der Waals surface area contributed by atoms with Gasteiger partial charge in [-0.1, -0.05) is 24.3 Å². The number of rotatable bonds is 8. The van der Waals surface area contributed by atoms with Crippen LogP contribution in [0, 0.1) is 0 Å². The van der Waals surface area contributed by atoms with E-state index in [9.17, 15) is 4.79 Å². The average Bonchev–Trinajstić information content (AvgIpc) is 3.20. The smallest absolute Gasteiger partial charge is 0.227 e. The number of para-hydroxylation sites is 1. The van der Waals surface area contributed by atoms with Gasteiger partial charge in [-0.2, -0.15) is 5.10 Å². The van der Waals surface area contributed by atoms with E-state index < -0.39 is 0 Å². The minimum absolute atomic E-state index is 0.0601. The van der Waals surface area contributed by atoms with Gasteiger partial charge in [0, 0.05) is 19.3 Å². The van der Waals surface area contributed by atoms with Crippen molar-refractivity contribution < 1.29 is 14.3 Å². The van der Waals surface area contributed by atoms with Crippen molar-refractivity contribution in [3.8, 4) is 17.2 Å². The summed E-state index contributed by atoms with van der Waals surface area (Å²) in [6, 6.07) is 15.6. The second-order valence-electron chi connectivity index (χ2n) is 6.40. The third kappa shape index (κ3) is 4.52. The van der Waals surface area contributed by atoms with Gasteiger partial charge < -0.3 is 14.4 Å². The number of benzene rings is 2. The van der Waals surface area contributed by atoms with Crippen LogP contribution in [0.5, 0.6) is 11.5 Å². The number of methoxy groups -OCH3 is 2. The van der Waals surface area contributed by atoms with E-state index in [0.29, 0.717) is 31.0 Å². The Kier molecular flexibility index (Phi) is 6.32. The lowest BCUT2D eigenvalue weighted by molar-refractivity contribution is -0.130. The second kappa shape index (κ2) is 9.08. The molecule has 0 N–H and O–H groups in total. The van der Waals surface area contributed by atoms with Gasteiger partial charge in [-0.05, 0) is 42.3 Å². The maximum atomic E-state index is 12.8. The Bertz CT molecular complexity index is 922. The molecule has 0 fully saturated rings. The largest absolute Gasteiger partial charge is 0.493 e. The van der Waals surface area contributed by atoms with Crippen molar-refractivity contribution in [2.75, 3.05) is 20.8 Å². The summed E-state index contributed by atoms with van der Waals surface area (Å²) in [7, 11) is 3.21. The quantitative estimate of drug-likeness (QED) is 0.601. The first-order valence-electron chi connectivity index (χ1n) is 9.22. The summed E-state index contributed by atoms with van der Waals surface area (Å²) in [6.07, 6.45) is 3.96. The molecule has 146 valence electrons. The molecular weight excluding hydrogens is 354 g/mol. The lowest BCUT2D eigenvalue weighted by Gasteiger charge is -2.21. The van der Waals surface area contributed by atoms with Crippen LogP contribution in [0.25, 0.3) is 5.69 Å². The topological polar surface area (TPSA) is 56.6 Å². The highest BCUT2D eigenvalue weighted by Crippen LogP contribution is 2.28. The van der Waals surface area contributed by atoms with Gasteiger partial charge in [0.15, 0.2) is 11.5 Å². The summed E-state index contributed by atoms with van der Waals surface area (Å²) in [5, 5.41) is 4.37. The summed E-state index contributed by atoms with van der Waals surface area (Å²) < 4.78 is 12.4. The van der Waals surface area contributed by atoms with Crippen LogP contribution in [-0.4, -0.2) is 41.4 Å². The van der Waals surface area contributed by atoms with Crippen LogP contribution < -0.4 is 9.47 Å². The van der Waals surface area contributed by atoms with Gasteiger partial charge in [0.1, 0.15) is 0 Å². The molecule has 3 rings (SSSR count). The van der Waals surface area contributed by atoms with Gasteiger partial charge in [-0.3, -0.25) is 4.79 Å². The van der Waals surface area contributed by atoms with E-state index in [2.05, 4.69) is 5.10 Å². The molecule has 0 saturated carbocycles. The van der Waals surface area contributed by atoms with E-state index in [0.717, 1.165) is 16.8 Å². The molecule has 0 aliphatic heterocycles. The van der Waals surface area contributed by atoms with Gasteiger partial charge in [0.05, 0.1) is 32.5 Å². The monoisotopic (exact) mass is 379 g/mol.